The van der Waals surface area contributed by atoms with Crippen molar-refractivity contribution in [3.8, 4) is 17.2 Å². The minimum Gasteiger partial charge on any atom is -0.504 e. The van der Waals surface area contributed by atoms with Gasteiger partial charge < -0.3 is 24.6 Å². The van der Waals surface area contributed by atoms with E-state index in [1.165, 1.54) is 0 Å². The fraction of sp³-hybridized carbons (Fsp3) is 0.433. The van der Waals surface area contributed by atoms with Gasteiger partial charge in [-0.3, -0.25) is 9.69 Å². The Labute approximate surface area is 217 Å². The minimum atomic E-state index is -1.01. The van der Waals surface area contributed by atoms with Crippen LogP contribution in [0.4, 0.5) is 0 Å². The van der Waals surface area contributed by atoms with Gasteiger partial charge in [0.15, 0.2) is 11.5 Å². The molecule has 0 unspecified atom stereocenters. The summed E-state index contributed by atoms with van der Waals surface area (Å²) in [6, 6.07) is 10.9. The molecule has 2 bridgehead atoms. The number of carbonyl (C=O) groups is 1. The van der Waals surface area contributed by atoms with Crippen LogP contribution in [0, 0.1) is 0 Å². The molecule has 2 N–H and O–H groups in total. The number of hydrogen-bond donors (Lipinski definition) is 2. The third kappa shape index (κ3) is 3.30. The molecule has 7 heteroatoms. The molecule has 2 heterocycles. The Morgan fingerprint density at radius 3 is 2.95 bits per heavy atom. The number of amides is 1. The van der Waals surface area contributed by atoms with Crippen LogP contribution in [0.1, 0.15) is 36.0 Å². The summed E-state index contributed by atoms with van der Waals surface area (Å²) < 4.78 is 11.9. The number of aromatic hydroxyl groups is 1. The topological polar surface area (TPSA) is 82.5 Å². The fourth-order valence-electron chi connectivity index (χ4n) is 7.58. The Morgan fingerprint density at radius 1 is 1.32 bits per heavy atom. The van der Waals surface area contributed by atoms with Crippen molar-refractivity contribution in [2.45, 2.75) is 54.9 Å². The quantitative estimate of drug-likeness (QED) is 0.466. The molecule has 2 aromatic carbocycles. The number of nitrogens with zero attached hydrogens (tertiary/aromatic N) is 2. The Bertz CT molecular complexity index is 1290. The summed E-state index contributed by atoms with van der Waals surface area (Å²) in [5.41, 5.74) is 1.26. The van der Waals surface area contributed by atoms with E-state index >= 15 is 0 Å². The molecule has 1 spiro atoms. The first kappa shape index (κ1) is 24.1. The van der Waals surface area contributed by atoms with Gasteiger partial charge in [-0.1, -0.05) is 24.3 Å². The van der Waals surface area contributed by atoms with E-state index in [9.17, 15) is 15.0 Å². The summed E-state index contributed by atoms with van der Waals surface area (Å²) in [6.45, 7) is 5.44. The largest absolute Gasteiger partial charge is 0.504 e. The first-order valence-corrected chi connectivity index (χ1v) is 13.0. The molecule has 1 amide bonds. The van der Waals surface area contributed by atoms with E-state index in [0.717, 1.165) is 29.0 Å². The van der Waals surface area contributed by atoms with Crippen molar-refractivity contribution >= 4 is 12.0 Å². The highest BCUT2D eigenvalue weighted by Gasteiger charge is 2.73. The molecule has 0 radical (unpaired) electrons. The van der Waals surface area contributed by atoms with Crippen LogP contribution in [0.25, 0.3) is 6.08 Å². The van der Waals surface area contributed by atoms with Crippen molar-refractivity contribution in [1.29, 1.82) is 0 Å². The molecule has 37 heavy (non-hydrogen) atoms. The second-order valence-corrected chi connectivity index (χ2v) is 10.8. The number of benzene rings is 2. The van der Waals surface area contributed by atoms with Gasteiger partial charge in [0.25, 0.3) is 0 Å². The molecule has 2 aliphatic heterocycles. The van der Waals surface area contributed by atoms with Crippen LogP contribution in [0.3, 0.4) is 0 Å². The van der Waals surface area contributed by atoms with Gasteiger partial charge in [0.2, 0.25) is 5.91 Å². The SMILES string of the molecule is C=CCN1CC[C@]23c4c5ccc(O)c4O[C@H]2[C@@H](N(C)C(=O)C=Cc2cccc(OC)c2)CC[C@@]3(O)[C@H]1C5. The lowest BCUT2D eigenvalue weighted by Crippen LogP contribution is -2.78. The van der Waals surface area contributed by atoms with Crippen LogP contribution in [-0.4, -0.2) is 77.0 Å². The molecule has 4 aliphatic rings. The average molecular weight is 503 g/mol. The standard InChI is InChI=1S/C30H34N2O5/c1-4-15-32-16-14-29-26-20-9-10-23(33)27(26)37-28(29)22(12-13-30(29,35)24(32)18-20)31(2)25(34)11-8-19-6-5-7-21(17-19)36-3/h4-11,17,22,24,28,33,35H,1,12-16,18H2,2-3H3/t22-,24+,28-,29-,30+/m0/s1. The molecule has 1 saturated carbocycles. The third-order valence-corrected chi connectivity index (χ3v) is 9.26. The van der Waals surface area contributed by atoms with Gasteiger partial charge in [0.1, 0.15) is 11.9 Å². The van der Waals surface area contributed by atoms with E-state index in [0.29, 0.717) is 38.0 Å². The van der Waals surface area contributed by atoms with Crippen molar-refractivity contribution in [2.75, 3.05) is 27.2 Å². The van der Waals surface area contributed by atoms with Crippen LogP contribution >= 0.6 is 0 Å². The second-order valence-electron chi connectivity index (χ2n) is 10.8. The maximum atomic E-state index is 13.4. The molecule has 2 aliphatic carbocycles. The monoisotopic (exact) mass is 502 g/mol. The maximum absolute atomic E-state index is 13.4. The number of phenolic OH excluding ortho intramolecular Hbond substituents is 1. The highest BCUT2D eigenvalue weighted by molar-refractivity contribution is 5.92. The van der Waals surface area contributed by atoms with E-state index in [2.05, 4.69) is 11.5 Å². The molecule has 2 aromatic rings. The maximum Gasteiger partial charge on any atom is 0.246 e. The summed E-state index contributed by atoms with van der Waals surface area (Å²) in [4.78, 5) is 17.4. The summed E-state index contributed by atoms with van der Waals surface area (Å²) in [7, 11) is 3.43. The summed E-state index contributed by atoms with van der Waals surface area (Å²) in [5.74, 6) is 1.19. The van der Waals surface area contributed by atoms with Crippen LogP contribution in [0.2, 0.25) is 0 Å². The molecule has 5 atom stereocenters. The number of ether oxygens (including phenoxy) is 2. The van der Waals surface area contributed by atoms with Crippen LogP contribution in [0.15, 0.2) is 55.1 Å². The first-order valence-electron chi connectivity index (χ1n) is 13.0. The van der Waals surface area contributed by atoms with Crippen LogP contribution in [-0.2, 0) is 16.6 Å². The molecule has 2 fully saturated rings. The van der Waals surface area contributed by atoms with Crippen LogP contribution < -0.4 is 9.47 Å². The summed E-state index contributed by atoms with van der Waals surface area (Å²) >= 11 is 0. The smallest absolute Gasteiger partial charge is 0.246 e. The molecular weight excluding hydrogens is 468 g/mol. The normalized spacial score (nSPS) is 31.5. The van der Waals surface area contributed by atoms with E-state index in [1.54, 1.807) is 30.2 Å². The number of carbonyl (C=O) groups excluding carboxylic acids is 1. The summed E-state index contributed by atoms with van der Waals surface area (Å²) in [5, 5.41) is 23.3. The number of rotatable bonds is 6. The zero-order chi connectivity index (χ0) is 25.9. The lowest BCUT2D eigenvalue weighted by Gasteiger charge is -2.64. The van der Waals surface area contributed by atoms with Crippen molar-refractivity contribution < 1.29 is 24.5 Å². The lowest BCUT2D eigenvalue weighted by molar-refractivity contribution is -0.198. The number of phenols is 1. The Hall–Kier alpha value is -3.29. The third-order valence-electron chi connectivity index (χ3n) is 9.26. The van der Waals surface area contributed by atoms with Crippen molar-refractivity contribution in [1.82, 2.24) is 9.80 Å². The van der Waals surface area contributed by atoms with Crippen molar-refractivity contribution in [3.63, 3.8) is 0 Å². The number of aliphatic hydroxyl groups is 1. The van der Waals surface area contributed by atoms with Gasteiger partial charge in [0.05, 0.1) is 24.2 Å². The van der Waals surface area contributed by atoms with Gasteiger partial charge >= 0.3 is 0 Å². The molecule has 194 valence electrons. The Kier molecular flexibility index (Phi) is 5.62. The zero-order valence-corrected chi connectivity index (χ0v) is 21.4. The van der Waals surface area contributed by atoms with Gasteiger partial charge in [-0.15, -0.1) is 6.58 Å². The van der Waals surface area contributed by atoms with Crippen LogP contribution in [0.5, 0.6) is 17.2 Å². The number of likely N-dealkylation sites (tertiary alicyclic amines) is 1. The Morgan fingerprint density at radius 2 is 2.16 bits per heavy atom. The number of methoxy groups -OCH3 is 1. The Balaban J connectivity index is 1.36. The molecule has 7 nitrogen and oxygen atoms in total. The lowest BCUT2D eigenvalue weighted by atomic mass is 9.48. The number of hydrogen-bond acceptors (Lipinski definition) is 6. The van der Waals surface area contributed by atoms with E-state index in [1.807, 2.05) is 43.5 Å². The summed E-state index contributed by atoms with van der Waals surface area (Å²) in [6.07, 6.45) is 7.39. The van der Waals surface area contributed by atoms with Gasteiger partial charge in [-0.2, -0.15) is 0 Å². The highest BCUT2D eigenvalue weighted by atomic mass is 16.5. The van der Waals surface area contributed by atoms with Gasteiger partial charge in [0, 0.05) is 31.3 Å². The van der Waals surface area contributed by atoms with E-state index < -0.39 is 17.1 Å². The van der Waals surface area contributed by atoms with E-state index in [4.69, 9.17) is 9.47 Å². The highest BCUT2D eigenvalue weighted by Crippen LogP contribution is 2.65. The van der Waals surface area contributed by atoms with Crippen molar-refractivity contribution in [2.24, 2.45) is 0 Å². The molecular formula is C30H34N2O5. The predicted octanol–water partition coefficient (Wildman–Crippen LogP) is 3.28. The molecule has 1 saturated heterocycles. The molecule has 6 rings (SSSR count). The number of likely N-dealkylation sites (N-methyl/N-ethyl adjacent to an activating group) is 1. The van der Waals surface area contributed by atoms with Gasteiger partial charge in [-0.25, -0.2) is 0 Å². The zero-order valence-electron chi connectivity index (χ0n) is 21.4. The van der Waals surface area contributed by atoms with E-state index in [-0.39, 0.29) is 23.7 Å². The number of piperidine rings is 1. The first-order chi connectivity index (χ1) is 17.8. The van der Waals surface area contributed by atoms with Crippen molar-refractivity contribution in [3.05, 3.63) is 71.8 Å². The predicted molar refractivity (Wildman–Crippen MR) is 141 cm³/mol. The second kappa shape index (κ2) is 8.64. The van der Waals surface area contributed by atoms with Gasteiger partial charge in [-0.05, 0) is 67.6 Å². The molecule has 0 aromatic heterocycles. The average Bonchev–Trinajstić information content (AvgIpc) is 3.26. The fourth-order valence-corrected chi connectivity index (χ4v) is 7.58. The minimum absolute atomic E-state index is 0.0664.